The van der Waals surface area contributed by atoms with Crippen LogP contribution in [0.2, 0.25) is 10.0 Å². The van der Waals surface area contributed by atoms with Gasteiger partial charge in [-0.2, -0.15) is 0 Å². The topological polar surface area (TPSA) is 165 Å². The van der Waals surface area contributed by atoms with Gasteiger partial charge in [-0.05, 0) is 18.2 Å². The minimum atomic E-state index is -1.21. The van der Waals surface area contributed by atoms with Gasteiger partial charge < -0.3 is 21.9 Å². The minimum absolute atomic E-state index is 0.0256. The maximum Gasteiger partial charge on any atom is 0.353 e. The summed E-state index contributed by atoms with van der Waals surface area (Å²) in [6.45, 7) is 0. The number of nitrogens with zero attached hydrogens (tertiary/aromatic N) is 3. The molecular formula is C20H18Cl2N6O4S4. The maximum atomic E-state index is 12.8. The molecule has 2 atom stereocenters. The second kappa shape index (κ2) is 11.6. The van der Waals surface area contributed by atoms with Crippen molar-refractivity contribution in [3.05, 3.63) is 44.9 Å². The van der Waals surface area contributed by atoms with Crippen molar-refractivity contribution in [3.8, 4) is 0 Å². The van der Waals surface area contributed by atoms with Crippen LogP contribution >= 0.6 is 70.2 Å². The molecule has 0 spiro atoms. The predicted molar refractivity (Wildman–Crippen MR) is 146 cm³/mol. The van der Waals surface area contributed by atoms with Crippen LogP contribution in [0.15, 0.2) is 44.9 Å². The van der Waals surface area contributed by atoms with Gasteiger partial charge in [-0.25, -0.2) is 14.8 Å². The Hall–Kier alpha value is -1.97. The van der Waals surface area contributed by atoms with Crippen molar-refractivity contribution in [1.82, 2.24) is 20.2 Å². The summed E-state index contributed by atoms with van der Waals surface area (Å²) in [5, 5.41) is 13.8. The molecule has 2 aliphatic rings. The molecule has 2 aromatic rings. The van der Waals surface area contributed by atoms with Crippen LogP contribution in [0.1, 0.15) is 0 Å². The van der Waals surface area contributed by atoms with Crippen molar-refractivity contribution in [2.24, 2.45) is 0 Å². The van der Waals surface area contributed by atoms with Crippen molar-refractivity contribution in [1.29, 1.82) is 0 Å². The number of hydrogen-bond donors (Lipinski definition) is 4. The molecule has 1 unspecified atom stereocenters. The van der Waals surface area contributed by atoms with E-state index in [-0.39, 0.29) is 29.0 Å². The van der Waals surface area contributed by atoms with E-state index in [9.17, 15) is 19.5 Å². The van der Waals surface area contributed by atoms with Crippen LogP contribution in [0, 0.1) is 0 Å². The summed E-state index contributed by atoms with van der Waals surface area (Å²) in [5.74, 6) is -1.16. The molecule has 16 heteroatoms. The number of fused-ring (bicyclic) bond motifs is 1. The second-order valence-electron chi connectivity index (χ2n) is 7.30. The zero-order valence-corrected chi connectivity index (χ0v) is 22.9. The van der Waals surface area contributed by atoms with Gasteiger partial charge in [0.25, 0.3) is 5.91 Å². The summed E-state index contributed by atoms with van der Waals surface area (Å²) in [7, 11) is 0. The molecule has 3 heterocycles. The van der Waals surface area contributed by atoms with E-state index in [1.165, 1.54) is 58.0 Å². The van der Waals surface area contributed by atoms with Crippen LogP contribution in [0.5, 0.6) is 0 Å². The normalized spacial score (nSPS) is 19.1. The fourth-order valence-electron chi connectivity index (χ4n) is 3.33. The molecule has 10 nitrogen and oxygen atoms in total. The van der Waals surface area contributed by atoms with Crippen LogP contribution in [-0.2, 0) is 14.4 Å². The first-order valence-electron chi connectivity index (χ1n) is 10.1. The van der Waals surface area contributed by atoms with Crippen LogP contribution in [0.3, 0.4) is 0 Å². The third-order valence-electron chi connectivity index (χ3n) is 4.87. The summed E-state index contributed by atoms with van der Waals surface area (Å²) in [6.07, 6.45) is 0. The summed E-state index contributed by atoms with van der Waals surface area (Å²) < 4.78 is 0. The highest BCUT2D eigenvalue weighted by molar-refractivity contribution is 8.18. The van der Waals surface area contributed by atoms with Crippen LogP contribution < -0.4 is 16.8 Å². The first-order chi connectivity index (χ1) is 17.1. The first-order valence-corrected chi connectivity index (χ1v) is 14.8. The highest BCUT2D eigenvalue weighted by Gasteiger charge is 2.54. The molecule has 4 rings (SSSR count). The quantitative estimate of drug-likeness (QED) is 0.143. The van der Waals surface area contributed by atoms with Gasteiger partial charge in [-0.15, -0.1) is 35.3 Å². The number of aromatic nitrogens is 2. The van der Waals surface area contributed by atoms with Gasteiger partial charge in [-0.1, -0.05) is 35.0 Å². The van der Waals surface area contributed by atoms with E-state index in [4.69, 9.17) is 34.7 Å². The maximum absolute atomic E-state index is 12.8. The summed E-state index contributed by atoms with van der Waals surface area (Å²) in [5.41, 5.74) is 11.3. The Labute approximate surface area is 232 Å². The number of nitrogens with two attached hydrogens (primary N) is 2. The molecule has 1 aromatic heterocycles. The van der Waals surface area contributed by atoms with E-state index >= 15 is 0 Å². The number of carbonyl (C=O) groups is 3. The number of aliphatic carboxylic acids is 1. The number of hydrogen-bond acceptors (Lipinski definition) is 11. The third kappa shape index (κ3) is 6.11. The van der Waals surface area contributed by atoms with E-state index in [0.29, 0.717) is 35.8 Å². The predicted octanol–water partition coefficient (Wildman–Crippen LogP) is 3.22. The van der Waals surface area contributed by atoms with Gasteiger partial charge in [-0.3, -0.25) is 14.5 Å². The number of carboxylic acids is 1. The molecule has 0 saturated carbocycles. The van der Waals surface area contributed by atoms with Gasteiger partial charge >= 0.3 is 5.97 Å². The molecule has 0 radical (unpaired) electrons. The van der Waals surface area contributed by atoms with E-state index in [2.05, 4.69) is 15.3 Å². The standard InChI is InChI=1S/C20H18Cl2N6O4S4/c21-8-1-2-9(22)10(3-8)33-6-14(29)27-15-17(30)28-16(19(31)32)11(5-34-18(15)28)35-7-36-20-25-12(23)4-13(24)26-20/h1-4,15,18H,5-7H2,(H,27,29)(H,31,32)(H4,23,24,25,26)/t15?,18-/m1/s1. The van der Waals surface area contributed by atoms with E-state index in [1.807, 2.05) is 0 Å². The summed E-state index contributed by atoms with van der Waals surface area (Å²) in [6, 6.07) is 5.58. The van der Waals surface area contributed by atoms with Crippen molar-refractivity contribution < 1.29 is 19.5 Å². The Morgan fingerprint density at radius 1 is 1.17 bits per heavy atom. The Kier molecular flexibility index (Phi) is 8.73. The first kappa shape index (κ1) is 27.1. The number of halogens is 2. The molecule has 1 saturated heterocycles. The van der Waals surface area contributed by atoms with Crippen molar-refractivity contribution in [2.75, 3.05) is 28.1 Å². The average molecular weight is 606 g/mol. The molecule has 6 N–H and O–H groups in total. The van der Waals surface area contributed by atoms with Gasteiger partial charge in [0.05, 0.1) is 15.9 Å². The molecule has 2 aliphatic heterocycles. The lowest BCUT2D eigenvalue weighted by Crippen LogP contribution is -2.70. The minimum Gasteiger partial charge on any atom is -0.477 e. The smallest absolute Gasteiger partial charge is 0.353 e. The lowest BCUT2D eigenvalue weighted by Gasteiger charge is -2.49. The largest absolute Gasteiger partial charge is 0.477 e. The highest BCUT2D eigenvalue weighted by atomic mass is 35.5. The van der Waals surface area contributed by atoms with Gasteiger partial charge in [0.1, 0.15) is 28.7 Å². The SMILES string of the molecule is Nc1cc(N)nc(SCSC2=C(C(=O)O)N3C(=O)C(NC(=O)CSc4cc(Cl)ccc4Cl)[C@H]3SC2)n1. The van der Waals surface area contributed by atoms with Crippen molar-refractivity contribution in [2.45, 2.75) is 21.5 Å². The molecule has 36 heavy (non-hydrogen) atoms. The number of nitrogens with one attached hydrogen (secondary N) is 1. The number of carbonyl (C=O) groups excluding carboxylic acids is 2. The zero-order valence-electron chi connectivity index (χ0n) is 18.1. The number of benzene rings is 1. The van der Waals surface area contributed by atoms with Gasteiger partial charge in [0.15, 0.2) is 5.16 Å². The Bertz CT molecular complexity index is 1250. The van der Waals surface area contributed by atoms with Gasteiger partial charge in [0.2, 0.25) is 5.91 Å². The Morgan fingerprint density at radius 3 is 2.58 bits per heavy atom. The number of rotatable bonds is 9. The van der Waals surface area contributed by atoms with Crippen molar-refractivity contribution in [3.63, 3.8) is 0 Å². The lowest BCUT2D eigenvalue weighted by molar-refractivity contribution is -0.150. The number of thioether (sulfide) groups is 4. The molecule has 0 aliphatic carbocycles. The fourth-order valence-corrected chi connectivity index (χ4v) is 8.25. The molecule has 1 fully saturated rings. The van der Waals surface area contributed by atoms with E-state index < -0.39 is 23.3 Å². The summed E-state index contributed by atoms with van der Waals surface area (Å²) >= 11 is 17.2. The number of anilines is 2. The van der Waals surface area contributed by atoms with Crippen LogP contribution in [0.25, 0.3) is 0 Å². The lowest BCUT2D eigenvalue weighted by atomic mass is 10.1. The van der Waals surface area contributed by atoms with E-state index in [1.54, 1.807) is 18.2 Å². The molecule has 0 bridgehead atoms. The molecule has 2 amide bonds. The Balaban J connectivity index is 1.36. The van der Waals surface area contributed by atoms with Crippen molar-refractivity contribution >= 4 is 99.7 Å². The molecule has 190 valence electrons. The van der Waals surface area contributed by atoms with Crippen LogP contribution in [-0.4, -0.2) is 65.8 Å². The number of amides is 2. The molecular weight excluding hydrogens is 587 g/mol. The van der Waals surface area contributed by atoms with Gasteiger partial charge in [0, 0.05) is 26.6 Å². The Morgan fingerprint density at radius 2 is 1.89 bits per heavy atom. The highest BCUT2D eigenvalue weighted by Crippen LogP contribution is 2.44. The number of β-lactam (4-membered cyclic amide) rings is 1. The van der Waals surface area contributed by atoms with Crippen LogP contribution in [0.4, 0.5) is 11.6 Å². The summed E-state index contributed by atoms with van der Waals surface area (Å²) in [4.78, 5) is 47.9. The third-order valence-corrected chi connectivity index (χ3v) is 10.1. The molecule has 1 aromatic carbocycles. The zero-order chi connectivity index (χ0) is 26.0. The number of nitrogen functional groups attached to an aromatic ring is 2. The average Bonchev–Trinajstić information content (AvgIpc) is 2.82. The second-order valence-corrected chi connectivity index (χ2v) is 12.6. The van der Waals surface area contributed by atoms with E-state index in [0.717, 1.165) is 0 Å². The monoisotopic (exact) mass is 604 g/mol. The number of carboxylic acid groups (broad SMARTS) is 1. The fraction of sp³-hybridized carbons (Fsp3) is 0.250.